The molecular weight excluding hydrogens is 210 g/mol. The molecule has 0 saturated carbocycles. The van der Waals surface area contributed by atoms with Crippen LogP contribution in [0.1, 0.15) is 0 Å². The number of nitrogens with zero attached hydrogens (tertiary/aromatic N) is 1. The fourth-order valence-electron chi connectivity index (χ4n) is 2.00. The van der Waals surface area contributed by atoms with Crippen LogP contribution in [-0.4, -0.2) is 0 Å². The van der Waals surface area contributed by atoms with Crippen molar-refractivity contribution < 1.29 is 4.73 Å². The minimum absolute atomic E-state index is 0.701. The summed E-state index contributed by atoms with van der Waals surface area (Å²) in [6.07, 6.45) is 1.62. The molecule has 0 aliphatic heterocycles. The number of para-hydroxylation sites is 1. The van der Waals surface area contributed by atoms with Gasteiger partial charge in [0.05, 0.1) is 0 Å². The van der Waals surface area contributed by atoms with Crippen molar-refractivity contribution in [1.82, 2.24) is 0 Å². The van der Waals surface area contributed by atoms with Crippen molar-refractivity contribution in [2.24, 2.45) is 0 Å². The van der Waals surface area contributed by atoms with E-state index in [9.17, 15) is 5.21 Å². The Labute approximate surface area is 99.3 Å². The molecule has 2 nitrogen and oxygen atoms in total. The van der Waals surface area contributed by atoms with E-state index < -0.39 is 0 Å². The second-order valence-corrected chi connectivity index (χ2v) is 3.98. The van der Waals surface area contributed by atoms with E-state index in [2.05, 4.69) is 0 Å². The van der Waals surface area contributed by atoms with Crippen molar-refractivity contribution in [3.63, 3.8) is 0 Å². The van der Waals surface area contributed by atoms with Gasteiger partial charge in [0.1, 0.15) is 0 Å². The molecular formula is C15H11NO. The zero-order valence-corrected chi connectivity index (χ0v) is 9.21. The lowest BCUT2D eigenvalue weighted by Crippen LogP contribution is -2.26. The molecule has 2 aromatic carbocycles. The summed E-state index contributed by atoms with van der Waals surface area (Å²) >= 11 is 0. The predicted octanol–water partition coefficient (Wildman–Crippen LogP) is 3.14. The van der Waals surface area contributed by atoms with Crippen molar-refractivity contribution in [2.45, 2.75) is 0 Å². The van der Waals surface area contributed by atoms with Gasteiger partial charge in [0.25, 0.3) is 0 Å². The van der Waals surface area contributed by atoms with Crippen molar-refractivity contribution in [2.75, 3.05) is 0 Å². The largest absolute Gasteiger partial charge is 0.618 e. The van der Waals surface area contributed by atoms with Crippen molar-refractivity contribution in [1.29, 1.82) is 0 Å². The highest BCUT2D eigenvalue weighted by Crippen LogP contribution is 2.21. The van der Waals surface area contributed by atoms with E-state index in [-0.39, 0.29) is 0 Å². The third kappa shape index (κ3) is 1.74. The summed E-state index contributed by atoms with van der Waals surface area (Å²) in [6.45, 7) is 0. The van der Waals surface area contributed by atoms with Crippen LogP contribution in [0, 0.1) is 5.21 Å². The van der Waals surface area contributed by atoms with E-state index in [0.717, 1.165) is 21.2 Å². The number of pyridine rings is 1. The fourth-order valence-corrected chi connectivity index (χ4v) is 2.00. The van der Waals surface area contributed by atoms with Gasteiger partial charge >= 0.3 is 0 Å². The first-order valence-electron chi connectivity index (χ1n) is 5.52. The lowest BCUT2D eigenvalue weighted by Gasteiger charge is -2.05. The van der Waals surface area contributed by atoms with E-state index in [1.807, 2.05) is 60.7 Å². The number of hydrogen-bond acceptors (Lipinski definition) is 1. The lowest BCUT2D eigenvalue weighted by atomic mass is 10.1. The number of rotatable bonds is 1. The van der Waals surface area contributed by atoms with Gasteiger partial charge in [-0.15, -0.1) is 0 Å². The Morgan fingerprint density at radius 2 is 1.47 bits per heavy atom. The van der Waals surface area contributed by atoms with Gasteiger partial charge in [0.2, 0.25) is 5.52 Å². The summed E-state index contributed by atoms with van der Waals surface area (Å²) < 4.78 is 0.928. The van der Waals surface area contributed by atoms with Crippen LogP contribution < -0.4 is 4.73 Å². The third-order valence-corrected chi connectivity index (χ3v) is 2.85. The van der Waals surface area contributed by atoms with E-state index in [4.69, 9.17) is 0 Å². The second-order valence-electron chi connectivity index (χ2n) is 3.98. The van der Waals surface area contributed by atoms with Crippen LogP contribution in [0.2, 0.25) is 0 Å². The Hall–Kier alpha value is -2.35. The topological polar surface area (TPSA) is 26.9 Å². The highest BCUT2D eigenvalue weighted by molar-refractivity contribution is 5.80. The molecule has 2 heteroatoms. The van der Waals surface area contributed by atoms with Crippen molar-refractivity contribution >= 4 is 10.9 Å². The molecule has 3 aromatic rings. The van der Waals surface area contributed by atoms with E-state index in [1.165, 1.54) is 0 Å². The molecule has 0 saturated heterocycles. The van der Waals surface area contributed by atoms with Gasteiger partial charge in [-0.25, -0.2) is 0 Å². The molecule has 0 spiro atoms. The number of hydrogen-bond donors (Lipinski definition) is 0. The maximum Gasteiger partial charge on any atom is 0.223 e. The van der Waals surface area contributed by atoms with Crippen LogP contribution in [0.15, 0.2) is 66.9 Å². The lowest BCUT2D eigenvalue weighted by molar-refractivity contribution is -0.576. The molecule has 0 amide bonds. The Bertz CT molecular complexity index is 662. The Kier molecular flexibility index (Phi) is 2.26. The molecule has 3 rings (SSSR count). The summed E-state index contributed by atoms with van der Waals surface area (Å²) in [7, 11) is 0. The maximum absolute atomic E-state index is 11.9. The summed E-state index contributed by atoms with van der Waals surface area (Å²) in [4.78, 5) is 0. The summed E-state index contributed by atoms with van der Waals surface area (Å²) in [5.41, 5.74) is 2.70. The van der Waals surface area contributed by atoms with Crippen LogP contribution in [0.5, 0.6) is 0 Å². The molecule has 0 bridgehead atoms. The zero-order chi connectivity index (χ0) is 11.7. The quantitative estimate of drug-likeness (QED) is 0.458. The van der Waals surface area contributed by atoms with E-state index in [0.29, 0.717) is 5.52 Å². The molecule has 0 aliphatic rings. The molecule has 17 heavy (non-hydrogen) atoms. The molecule has 0 N–H and O–H groups in total. The molecule has 0 unspecified atom stereocenters. The maximum atomic E-state index is 11.9. The Morgan fingerprint density at radius 3 is 2.29 bits per heavy atom. The van der Waals surface area contributed by atoms with Gasteiger partial charge in [0, 0.05) is 17.0 Å². The average Bonchev–Trinajstić information content (AvgIpc) is 2.40. The summed E-state index contributed by atoms with van der Waals surface area (Å²) in [6, 6.07) is 19.6. The number of benzene rings is 2. The molecule has 0 fully saturated rings. The van der Waals surface area contributed by atoms with Gasteiger partial charge in [-0.1, -0.05) is 42.5 Å². The van der Waals surface area contributed by atoms with Gasteiger partial charge < -0.3 is 5.21 Å². The second kappa shape index (κ2) is 3.91. The number of aromatic nitrogens is 1. The first kappa shape index (κ1) is 9.85. The van der Waals surface area contributed by atoms with Crippen LogP contribution in [0.25, 0.3) is 22.0 Å². The Balaban J connectivity index is 2.26. The first-order chi connectivity index (χ1) is 8.34. The van der Waals surface area contributed by atoms with Crippen molar-refractivity contribution in [3.8, 4) is 11.1 Å². The molecule has 82 valence electrons. The first-order valence-corrected chi connectivity index (χ1v) is 5.52. The SMILES string of the molecule is [O-][n+]1cc(-c2ccccc2)cc2ccccc21. The smallest absolute Gasteiger partial charge is 0.223 e. The number of fused-ring (bicyclic) bond motifs is 1. The van der Waals surface area contributed by atoms with E-state index >= 15 is 0 Å². The zero-order valence-electron chi connectivity index (χ0n) is 9.21. The molecule has 0 atom stereocenters. The van der Waals surface area contributed by atoms with Gasteiger partial charge in [0.15, 0.2) is 6.20 Å². The van der Waals surface area contributed by atoms with E-state index in [1.54, 1.807) is 6.20 Å². The molecule has 0 aliphatic carbocycles. The molecule has 1 heterocycles. The van der Waals surface area contributed by atoms with Crippen LogP contribution in [0.3, 0.4) is 0 Å². The summed E-state index contributed by atoms with van der Waals surface area (Å²) in [5, 5.41) is 12.9. The van der Waals surface area contributed by atoms with Gasteiger partial charge in [-0.3, -0.25) is 0 Å². The highest BCUT2D eigenvalue weighted by atomic mass is 16.5. The van der Waals surface area contributed by atoms with Crippen LogP contribution in [-0.2, 0) is 0 Å². The fraction of sp³-hybridized carbons (Fsp3) is 0. The Morgan fingerprint density at radius 1 is 0.765 bits per heavy atom. The van der Waals surface area contributed by atoms with Crippen LogP contribution in [0.4, 0.5) is 0 Å². The van der Waals surface area contributed by atoms with Gasteiger partial charge in [-0.05, 0) is 17.7 Å². The predicted molar refractivity (Wildman–Crippen MR) is 68.3 cm³/mol. The molecule has 1 aromatic heterocycles. The standard InChI is InChI=1S/C15H11NO/c17-16-11-14(12-6-2-1-3-7-12)10-13-8-4-5-9-15(13)16/h1-11H. The minimum Gasteiger partial charge on any atom is -0.618 e. The summed E-state index contributed by atoms with van der Waals surface area (Å²) in [5.74, 6) is 0. The van der Waals surface area contributed by atoms with Crippen molar-refractivity contribution in [3.05, 3.63) is 72.1 Å². The molecule has 0 radical (unpaired) electrons. The normalized spacial score (nSPS) is 10.6. The minimum atomic E-state index is 0.701. The third-order valence-electron chi connectivity index (χ3n) is 2.85. The highest BCUT2D eigenvalue weighted by Gasteiger charge is 2.07. The van der Waals surface area contributed by atoms with Gasteiger partial charge in [-0.2, -0.15) is 4.73 Å². The van der Waals surface area contributed by atoms with Crippen LogP contribution >= 0.6 is 0 Å². The average molecular weight is 221 g/mol. The monoisotopic (exact) mass is 221 g/mol.